The molecule has 0 amide bonds. The molecule has 0 atom stereocenters. The van der Waals surface area contributed by atoms with Crippen molar-refractivity contribution < 1.29 is 0 Å². The zero-order valence-corrected chi connectivity index (χ0v) is 20.5. The summed E-state index contributed by atoms with van der Waals surface area (Å²) >= 11 is 1.83. The standard InChI is InChI=1S/C35H22S/c1-2-8-22(9-3-1)34-28-10-4-6-12-30(28)35(31-13-7-5-11-29(31)34)24-14-15-27-25(18-24)19-26-21-33-23(16-17-36-33)20-32(26)27/h1-18,20-21H,19H2. The molecule has 0 unspecified atom stereocenters. The van der Waals surface area contributed by atoms with E-state index in [1.54, 1.807) is 0 Å². The van der Waals surface area contributed by atoms with E-state index in [1.807, 2.05) is 11.3 Å². The molecule has 8 rings (SSSR count). The van der Waals surface area contributed by atoms with Gasteiger partial charge >= 0.3 is 0 Å². The van der Waals surface area contributed by atoms with Gasteiger partial charge in [-0.3, -0.25) is 0 Å². The second-order valence-corrected chi connectivity index (χ2v) is 10.7. The zero-order valence-electron chi connectivity index (χ0n) is 19.7. The minimum atomic E-state index is 1.00. The molecule has 0 bridgehead atoms. The lowest BCUT2D eigenvalue weighted by Crippen LogP contribution is -1.91. The van der Waals surface area contributed by atoms with Gasteiger partial charge < -0.3 is 0 Å². The molecule has 168 valence electrons. The highest BCUT2D eigenvalue weighted by molar-refractivity contribution is 7.17. The molecular formula is C35H22S. The number of benzene rings is 6. The van der Waals surface area contributed by atoms with Gasteiger partial charge in [0.05, 0.1) is 0 Å². The van der Waals surface area contributed by atoms with Crippen molar-refractivity contribution in [1.29, 1.82) is 0 Å². The van der Waals surface area contributed by atoms with Crippen LogP contribution in [0.15, 0.2) is 121 Å². The van der Waals surface area contributed by atoms with Crippen molar-refractivity contribution in [3.63, 3.8) is 0 Å². The summed E-state index contributed by atoms with van der Waals surface area (Å²) < 4.78 is 1.38. The van der Waals surface area contributed by atoms with Crippen molar-refractivity contribution in [2.75, 3.05) is 0 Å². The van der Waals surface area contributed by atoms with E-state index < -0.39 is 0 Å². The molecule has 1 aromatic heterocycles. The molecule has 6 aromatic carbocycles. The Kier molecular flexibility index (Phi) is 4.26. The minimum Gasteiger partial charge on any atom is -0.144 e. The third kappa shape index (κ3) is 2.87. The van der Waals surface area contributed by atoms with E-state index >= 15 is 0 Å². The third-order valence-electron chi connectivity index (χ3n) is 7.74. The van der Waals surface area contributed by atoms with Gasteiger partial charge in [0, 0.05) is 4.70 Å². The predicted octanol–water partition coefficient (Wildman–Crippen LogP) is 10.1. The Morgan fingerprint density at radius 1 is 0.472 bits per heavy atom. The zero-order chi connectivity index (χ0) is 23.6. The SMILES string of the molecule is c1ccc(-c2c3ccccc3c(-c3ccc4c(c3)Cc3cc5sccc5cc3-4)c3ccccc23)cc1. The summed E-state index contributed by atoms with van der Waals surface area (Å²) in [7, 11) is 0. The second kappa shape index (κ2) is 7.65. The van der Waals surface area contributed by atoms with Gasteiger partial charge in [0.25, 0.3) is 0 Å². The largest absolute Gasteiger partial charge is 0.144 e. The molecule has 7 aromatic rings. The quantitative estimate of drug-likeness (QED) is 0.219. The van der Waals surface area contributed by atoms with Crippen molar-refractivity contribution >= 4 is 43.0 Å². The van der Waals surface area contributed by atoms with E-state index in [0.29, 0.717) is 0 Å². The molecule has 0 saturated heterocycles. The average Bonchev–Trinajstić information content (AvgIpc) is 3.53. The van der Waals surface area contributed by atoms with Crippen molar-refractivity contribution in [1.82, 2.24) is 0 Å². The number of hydrogen-bond donors (Lipinski definition) is 0. The first-order valence-corrected chi connectivity index (χ1v) is 13.4. The number of hydrogen-bond acceptors (Lipinski definition) is 1. The van der Waals surface area contributed by atoms with Crippen LogP contribution in [0.5, 0.6) is 0 Å². The summed E-state index contributed by atoms with van der Waals surface area (Å²) in [5, 5.41) is 8.78. The van der Waals surface area contributed by atoms with E-state index in [-0.39, 0.29) is 0 Å². The Hall–Kier alpha value is -4.20. The van der Waals surface area contributed by atoms with Gasteiger partial charge in [0.1, 0.15) is 0 Å². The van der Waals surface area contributed by atoms with Crippen LogP contribution in [0.2, 0.25) is 0 Å². The van der Waals surface area contributed by atoms with Crippen molar-refractivity contribution in [2.24, 2.45) is 0 Å². The van der Waals surface area contributed by atoms with Crippen LogP contribution >= 0.6 is 11.3 Å². The van der Waals surface area contributed by atoms with E-state index in [4.69, 9.17) is 0 Å². The summed E-state index contributed by atoms with van der Waals surface area (Å²) in [6, 6.07) is 42.8. The van der Waals surface area contributed by atoms with E-state index in [9.17, 15) is 0 Å². The lowest BCUT2D eigenvalue weighted by Gasteiger charge is -2.18. The smallest absolute Gasteiger partial charge is 0.0345 e. The Bertz CT molecular complexity index is 1900. The van der Waals surface area contributed by atoms with E-state index in [0.717, 1.165) is 6.42 Å². The summed E-state index contributed by atoms with van der Waals surface area (Å²) in [6.45, 7) is 0. The van der Waals surface area contributed by atoms with Crippen LogP contribution in [-0.2, 0) is 6.42 Å². The molecule has 0 radical (unpaired) electrons. The average molecular weight is 475 g/mol. The fourth-order valence-electron chi connectivity index (χ4n) is 6.17. The molecule has 1 aliphatic rings. The van der Waals surface area contributed by atoms with Crippen molar-refractivity contribution in [3.05, 3.63) is 132 Å². The number of rotatable bonds is 2. The molecule has 36 heavy (non-hydrogen) atoms. The second-order valence-electron chi connectivity index (χ2n) is 9.72. The Labute approximate surface area is 214 Å². The maximum atomic E-state index is 2.44. The molecule has 0 nitrogen and oxygen atoms in total. The van der Waals surface area contributed by atoms with Crippen molar-refractivity contribution in [3.8, 4) is 33.4 Å². The van der Waals surface area contributed by atoms with Crippen LogP contribution in [0, 0.1) is 0 Å². The first kappa shape index (κ1) is 20.0. The maximum absolute atomic E-state index is 2.44. The molecular weight excluding hydrogens is 452 g/mol. The van der Waals surface area contributed by atoms with Crippen LogP contribution in [-0.4, -0.2) is 0 Å². The van der Waals surface area contributed by atoms with Gasteiger partial charge in [0.15, 0.2) is 0 Å². The fourth-order valence-corrected chi connectivity index (χ4v) is 7.00. The topological polar surface area (TPSA) is 0 Å². The summed E-state index contributed by atoms with van der Waals surface area (Å²) in [4.78, 5) is 0. The van der Waals surface area contributed by atoms with Crippen LogP contribution in [0.25, 0.3) is 65.0 Å². The van der Waals surface area contributed by atoms with Crippen LogP contribution in [0.3, 0.4) is 0 Å². The predicted molar refractivity (Wildman–Crippen MR) is 156 cm³/mol. The van der Waals surface area contributed by atoms with Gasteiger partial charge in [-0.25, -0.2) is 0 Å². The normalized spacial score (nSPS) is 12.3. The van der Waals surface area contributed by atoms with Crippen LogP contribution in [0.4, 0.5) is 0 Å². The molecule has 1 heteroatoms. The molecule has 1 aliphatic carbocycles. The van der Waals surface area contributed by atoms with Gasteiger partial charge in [-0.15, -0.1) is 11.3 Å². The van der Waals surface area contributed by atoms with Gasteiger partial charge in [-0.05, 0) is 101 Å². The molecule has 0 N–H and O–H groups in total. The third-order valence-corrected chi connectivity index (χ3v) is 8.62. The highest BCUT2D eigenvalue weighted by Crippen LogP contribution is 2.46. The Morgan fingerprint density at radius 3 is 1.78 bits per heavy atom. The molecule has 0 spiro atoms. The lowest BCUT2D eigenvalue weighted by molar-refractivity contribution is 1.27. The fraction of sp³-hybridized carbons (Fsp3) is 0.0286. The van der Waals surface area contributed by atoms with Crippen LogP contribution in [0.1, 0.15) is 11.1 Å². The van der Waals surface area contributed by atoms with E-state index in [1.165, 1.54) is 76.1 Å². The molecule has 0 saturated carbocycles. The Morgan fingerprint density at radius 2 is 1.08 bits per heavy atom. The highest BCUT2D eigenvalue weighted by Gasteiger charge is 2.22. The van der Waals surface area contributed by atoms with Gasteiger partial charge in [0.2, 0.25) is 0 Å². The number of fused-ring (bicyclic) bond motifs is 6. The molecule has 0 fully saturated rings. The van der Waals surface area contributed by atoms with Crippen molar-refractivity contribution in [2.45, 2.75) is 6.42 Å². The maximum Gasteiger partial charge on any atom is 0.0345 e. The number of thiophene rings is 1. The lowest BCUT2D eigenvalue weighted by atomic mass is 9.85. The Balaban J connectivity index is 1.40. The van der Waals surface area contributed by atoms with Gasteiger partial charge in [-0.2, -0.15) is 0 Å². The highest BCUT2D eigenvalue weighted by atomic mass is 32.1. The first-order chi connectivity index (χ1) is 17.8. The molecule has 0 aliphatic heterocycles. The van der Waals surface area contributed by atoms with Crippen LogP contribution < -0.4 is 0 Å². The summed E-state index contributed by atoms with van der Waals surface area (Å²) in [5.41, 5.74) is 10.9. The van der Waals surface area contributed by atoms with Gasteiger partial charge in [-0.1, -0.05) is 97.1 Å². The monoisotopic (exact) mass is 474 g/mol. The first-order valence-electron chi connectivity index (χ1n) is 12.5. The summed E-state index contributed by atoms with van der Waals surface area (Å²) in [5.74, 6) is 0. The molecule has 1 heterocycles. The summed E-state index contributed by atoms with van der Waals surface area (Å²) in [6.07, 6.45) is 1.00. The van der Waals surface area contributed by atoms with E-state index in [2.05, 4.69) is 121 Å². The minimum absolute atomic E-state index is 1.00.